The largest absolute Gasteiger partial charge is 0.336 e. The minimum Gasteiger partial charge on any atom is -0.336 e. The van der Waals surface area contributed by atoms with Gasteiger partial charge in [-0.2, -0.15) is 0 Å². The van der Waals surface area contributed by atoms with Crippen LogP contribution in [0.1, 0.15) is 40.5 Å². The fraction of sp³-hybridized carbons (Fsp3) is 0.875. The van der Waals surface area contributed by atoms with Crippen molar-refractivity contribution < 1.29 is 9.59 Å². The summed E-state index contributed by atoms with van der Waals surface area (Å²) in [5.41, 5.74) is 0. The Kier molecular flexibility index (Phi) is 5.32. The minimum absolute atomic E-state index is 0.0893. The molecule has 22 heavy (non-hydrogen) atoms. The van der Waals surface area contributed by atoms with Crippen LogP contribution in [0, 0.1) is 0 Å². The van der Waals surface area contributed by atoms with Crippen molar-refractivity contribution >= 4 is 11.9 Å². The van der Waals surface area contributed by atoms with Gasteiger partial charge in [-0.1, -0.05) is 0 Å². The third-order valence-electron chi connectivity index (χ3n) is 4.79. The van der Waals surface area contributed by atoms with Crippen LogP contribution in [0.3, 0.4) is 0 Å². The molecule has 3 atom stereocenters. The standard InChI is InChI=1S/C16H30N4O2/c1-11(2)17-16(22)19-8-6-7-14(19)15(21)20-10-12(3)18(5)9-13(20)4/h11-14H,6-10H2,1-5H3,(H,17,22)/t12?,13?,14-/m0/s1. The molecule has 2 unspecified atom stereocenters. The molecule has 0 aromatic carbocycles. The lowest BCUT2D eigenvalue weighted by molar-refractivity contribution is -0.140. The van der Waals surface area contributed by atoms with Crippen molar-refractivity contribution in [2.45, 2.75) is 64.7 Å². The number of nitrogens with one attached hydrogen (secondary N) is 1. The summed E-state index contributed by atoms with van der Waals surface area (Å²) in [4.78, 5) is 31.2. The fourth-order valence-electron chi connectivity index (χ4n) is 3.39. The van der Waals surface area contributed by atoms with E-state index in [1.165, 1.54) is 0 Å². The predicted molar refractivity (Wildman–Crippen MR) is 86.7 cm³/mol. The molecule has 0 saturated carbocycles. The van der Waals surface area contributed by atoms with Gasteiger partial charge in [0.1, 0.15) is 6.04 Å². The number of nitrogens with zero attached hydrogens (tertiary/aromatic N) is 3. The van der Waals surface area contributed by atoms with E-state index in [1.807, 2.05) is 18.7 Å². The highest BCUT2D eigenvalue weighted by Crippen LogP contribution is 2.23. The van der Waals surface area contributed by atoms with Gasteiger partial charge >= 0.3 is 6.03 Å². The molecule has 0 bridgehead atoms. The maximum absolute atomic E-state index is 12.9. The van der Waals surface area contributed by atoms with Crippen LogP contribution < -0.4 is 5.32 Å². The SMILES string of the molecule is CC(C)NC(=O)N1CCC[C@H]1C(=O)N1CC(C)N(C)CC1C. The maximum Gasteiger partial charge on any atom is 0.318 e. The van der Waals surface area contributed by atoms with Gasteiger partial charge in [0, 0.05) is 37.8 Å². The maximum atomic E-state index is 12.9. The van der Waals surface area contributed by atoms with Crippen molar-refractivity contribution in [2.75, 3.05) is 26.7 Å². The molecule has 6 nitrogen and oxygen atoms in total. The monoisotopic (exact) mass is 310 g/mol. The second-order valence-corrected chi connectivity index (χ2v) is 7.08. The molecule has 3 amide bonds. The van der Waals surface area contributed by atoms with Crippen LogP contribution in [0.2, 0.25) is 0 Å². The van der Waals surface area contributed by atoms with Crippen LogP contribution in [-0.2, 0) is 4.79 Å². The first-order valence-corrected chi connectivity index (χ1v) is 8.39. The van der Waals surface area contributed by atoms with E-state index in [2.05, 4.69) is 31.1 Å². The van der Waals surface area contributed by atoms with Gasteiger partial charge < -0.3 is 15.1 Å². The summed E-state index contributed by atoms with van der Waals surface area (Å²) >= 11 is 0. The summed E-state index contributed by atoms with van der Waals surface area (Å²) in [6.07, 6.45) is 1.68. The third kappa shape index (κ3) is 3.54. The van der Waals surface area contributed by atoms with Gasteiger partial charge in [-0.3, -0.25) is 9.69 Å². The Bertz CT molecular complexity index is 426. The van der Waals surface area contributed by atoms with Crippen LogP contribution >= 0.6 is 0 Å². The van der Waals surface area contributed by atoms with E-state index in [0.29, 0.717) is 12.6 Å². The molecule has 0 aromatic heterocycles. The van der Waals surface area contributed by atoms with E-state index in [1.54, 1.807) is 4.90 Å². The Morgan fingerprint density at radius 3 is 2.41 bits per heavy atom. The first kappa shape index (κ1) is 17.1. The summed E-state index contributed by atoms with van der Waals surface area (Å²) in [5.74, 6) is 0.115. The Labute approximate surface area is 133 Å². The number of hydrogen-bond acceptors (Lipinski definition) is 3. The number of likely N-dealkylation sites (tertiary alicyclic amines) is 1. The van der Waals surface area contributed by atoms with Crippen LogP contribution in [0.15, 0.2) is 0 Å². The molecular formula is C16H30N4O2. The van der Waals surface area contributed by atoms with Crippen molar-refractivity contribution in [2.24, 2.45) is 0 Å². The summed E-state index contributed by atoms with van der Waals surface area (Å²) in [6, 6.07) is 0.243. The minimum atomic E-state index is -0.295. The number of hydrogen-bond donors (Lipinski definition) is 1. The fourth-order valence-corrected chi connectivity index (χ4v) is 3.39. The number of rotatable bonds is 2. The third-order valence-corrected chi connectivity index (χ3v) is 4.79. The zero-order valence-corrected chi connectivity index (χ0v) is 14.5. The van der Waals surface area contributed by atoms with Gasteiger partial charge in [0.15, 0.2) is 0 Å². The average Bonchev–Trinajstić information content (AvgIpc) is 2.90. The molecular weight excluding hydrogens is 280 g/mol. The molecule has 2 heterocycles. The second-order valence-electron chi connectivity index (χ2n) is 7.08. The Balaban J connectivity index is 2.06. The van der Waals surface area contributed by atoms with Gasteiger partial charge in [-0.15, -0.1) is 0 Å². The Morgan fingerprint density at radius 2 is 1.77 bits per heavy atom. The van der Waals surface area contributed by atoms with E-state index in [9.17, 15) is 9.59 Å². The first-order valence-electron chi connectivity index (χ1n) is 8.39. The molecule has 2 aliphatic rings. The number of amides is 3. The van der Waals surface area contributed by atoms with Gasteiger partial charge in [-0.05, 0) is 47.6 Å². The molecule has 0 spiro atoms. The summed E-state index contributed by atoms with van der Waals surface area (Å²) in [7, 11) is 2.10. The zero-order chi connectivity index (χ0) is 16.4. The summed E-state index contributed by atoms with van der Waals surface area (Å²) in [6.45, 7) is 10.4. The van der Waals surface area contributed by atoms with Crippen molar-refractivity contribution in [1.29, 1.82) is 0 Å². The highest BCUT2D eigenvalue weighted by Gasteiger charge is 2.40. The zero-order valence-electron chi connectivity index (χ0n) is 14.5. The van der Waals surface area contributed by atoms with Crippen molar-refractivity contribution in [1.82, 2.24) is 20.0 Å². The van der Waals surface area contributed by atoms with Gasteiger partial charge in [0.25, 0.3) is 0 Å². The summed E-state index contributed by atoms with van der Waals surface area (Å²) < 4.78 is 0. The van der Waals surface area contributed by atoms with Crippen molar-refractivity contribution in [3.63, 3.8) is 0 Å². The normalized spacial score (nSPS) is 30.0. The van der Waals surface area contributed by atoms with Gasteiger partial charge in [0.2, 0.25) is 5.91 Å². The van der Waals surface area contributed by atoms with Crippen LogP contribution in [0.25, 0.3) is 0 Å². The highest BCUT2D eigenvalue weighted by molar-refractivity contribution is 5.88. The van der Waals surface area contributed by atoms with E-state index < -0.39 is 0 Å². The molecule has 2 aliphatic heterocycles. The first-order chi connectivity index (χ1) is 10.3. The molecule has 1 N–H and O–H groups in total. The molecule has 0 aliphatic carbocycles. The number of carbonyl (C=O) groups excluding carboxylic acids is 2. The molecule has 2 rings (SSSR count). The smallest absolute Gasteiger partial charge is 0.318 e. The topological polar surface area (TPSA) is 55.9 Å². The summed E-state index contributed by atoms with van der Waals surface area (Å²) in [5, 5.41) is 2.91. The lowest BCUT2D eigenvalue weighted by Gasteiger charge is -2.44. The van der Waals surface area contributed by atoms with Crippen LogP contribution in [-0.4, -0.2) is 77.5 Å². The molecule has 6 heteroatoms. The van der Waals surface area contributed by atoms with E-state index in [0.717, 1.165) is 25.9 Å². The molecule has 2 fully saturated rings. The molecule has 126 valence electrons. The van der Waals surface area contributed by atoms with Crippen LogP contribution in [0.4, 0.5) is 4.79 Å². The van der Waals surface area contributed by atoms with Gasteiger partial charge in [0.05, 0.1) is 0 Å². The molecule has 2 saturated heterocycles. The Hall–Kier alpha value is -1.30. The number of carbonyl (C=O) groups is 2. The molecule has 0 aromatic rings. The van der Waals surface area contributed by atoms with Crippen molar-refractivity contribution in [3.8, 4) is 0 Å². The number of urea groups is 1. The lowest BCUT2D eigenvalue weighted by atomic mass is 10.1. The van der Waals surface area contributed by atoms with E-state index in [4.69, 9.17) is 0 Å². The van der Waals surface area contributed by atoms with E-state index in [-0.39, 0.29) is 30.1 Å². The van der Waals surface area contributed by atoms with E-state index >= 15 is 0 Å². The quantitative estimate of drug-likeness (QED) is 0.831. The predicted octanol–water partition coefficient (Wildman–Crippen LogP) is 1.12. The van der Waals surface area contributed by atoms with Crippen LogP contribution in [0.5, 0.6) is 0 Å². The second kappa shape index (κ2) is 6.86. The number of piperazine rings is 1. The van der Waals surface area contributed by atoms with Crippen molar-refractivity contribution in [3.05, 3.63) is 0 Å². The average molecular weight is 310 g/mol. The number of likely N-dealkylation sites (N-methyl/N-ethyl adjacent to an activating group) is 1. The van der Waals surface area contributed by atoms with Gasteiger partial charge in [-0.25, -0.2) is 4.79 Å². The highest BCUT2D eigenvalue weighted by atomic mass is 16.2. The molecule has 0 radical (unpaired) electrons. The lowest BCUT2D eigenvalue weighted by Crippen LogP contribution is -2.60. The Morgan fingerprint density at radius 1 is 1.09 bits per heavy atom.